The number of carbonyl (C=O) groups is 1. The Labute approximate surface area is 126 Å². The van der Waals surface area contributed by atoms with Gasteiger partial charge in [-0.3, -0.25) is 4.79 Å². The van der Waals surface area contributed by atoms with Gasteiger partial charge in [0.25, 0.3) is 0 Å². The lowest BCUT2D eigenvalue weighted by Gasteiger charge is -2.38. The summed E-state index contributed by atoms with van der Waals surface area (Å²) in [5.74, 6) is 0.406. The third-order valence-corrected chi connectivity index (χ3v) is 4.54. The van der Waals surface area contributed by atoms with Crippen LogP contribution in [0.1, 0.15) is 50.7 Å². The van der Waals surface area contributed by atoms with Gasteiger partial charge in [0.15, 0.2) is 5.78 Å². The Hall–Kier alpha value is -1.22. The monoisotopic (exact) mass is 292 g/mol. The quantitative estimate of drug-likeness (QED) is 0.811. The number of benzene rings is 1. The smallest absolute Gasteiger partial charge is 0.168 e. The number of aryl methyl sites for hydroxylation is 1. The van der Waals surface area contributed by atoms with Crippen LogP contribution in [0.2, 0.25) is 0 Å². The molecule has 3 heteroatoms. The standard InChI is InChI=1S/C18H25FO2/c1-4-21-18(9-5-6-13(2)12-18)17(20)11-15-7-8-16(19)10-14(15)3/h7-8,10,13H,4-6,9,11-12H2,1-3H3. The summed E-state index contributed by atoms with van der Waals surface area (Å²) in [6.07, 6.45) is 4.15. The first-order valence-corrected chi connectivity index (χ1v) is 7.89. The van der Waals surface area contributed by atoms with E-state index in [-0.39, 0.29) is 11.6 Å². The molecule has 1 fully saturated rings. The molecule has 116 valence electrons. The van der Waals surface area contributed by atoms with Crippen molar-refractivity contribution in [1.82, 2.24) is 0 Å². The van der Waals surface area contributed by atoms with Gasteiger partial charge in [-0.1, -0.05) is 19.4 Å². The zero-order valence-corrected chi connectivity index (χ0v) is 13.2. The van der Waals surface area contributed by atoms with Crippen LogP contribution in [0.15, 0.2) is 18.2 Å². The fourth-order valence-electron chi connectivity index (χ4n) is 3.44. The maximum absolute atomic E-state index is 13.2. The highest BCUT2D eigenvalue weighted by molar-refractivity contribution is 5.89. The number of carbonyl (C=O) groups excluding carboxylic acids is 1. The van der Waals surface area contributed by atoms with Crippen LogP contribution >= 0.6 is 0 Å². The lowest BCUT2D eigenvalue weighted by atomic mass is 9.75. The Balaban J connectivity index is 2.18. The molecule has 2 atom stereocenters. The van der Waals surface area contributed by atoms with Crippen LogP contribution in [0.5, 0.6) is 0 Å². The highest BCUT2D eigenvalue weighted by Crippen LogP contribution is 2.36. The van der Waals surface area contributed by atoms with Gasteiger partial charge < -0.3 is 4.74 Å². The largest absolute Gasteiger partial charge is 0.367 e. The summed E-state index contributed by atoms with van der Waals surface area (Å²) >= 11 is 0. The Morgan fingerprint density at radius 1 is 1.48 bits per heavy atom. The lowest BCUT2D eigenvalue weighted by Crippen LogP contribution is -2.46. The molecule has 0 amide bonds. The van der Waals surface area contributed by atoms with Crippen LogP contribution in [0, 0.1) is 18.7 Å². The highest BCUT2D eigenvalue weighted by Gasteiger charge is 2.41. The van der Waals surface area contributed by atoms with E-state index in [4.69, 9.17) is 4.74 Å². The molecule has 2 unspecified atom stereocenters. The number of hydrogen-bond acceptors (Lipinski definition) is 2. The number of halogens is 1. The Kier molecular flexibility index (Phi) is 5.15. The second kappa shape index (κ2) is 6.69. The third kappa shape index (κ3) is 3.70. The van der Waals surface area contributed by atoms with Crippen LogP contribution in [0.25, 0.3) is 0 Å². The second-order valence-corrected chi connectivity index (χ2v) is 6.30. The SMILES string of the molecule is CCOC1(C(=O)Cc2ccc(F)cc2C)CCCC(C)C1. The molecule has 0 spiro atoms. The maximum atomic E-state index is 13.2. The number of ketones is 1. The average Bonchev–Trinajstić information content (AvgIpc) is 2.42. The minimum absolute atomic E-state index is 0.144. The van der Waals surface area contributed by atoms with Crippen molar-refractivity contribution in [2.24, 2.45) is 5.92 Å². The second-order valence-electron chi connectivity index (χ2n) is 6.30. The number of rotatable bonds is 5. The normalized spacial score (nSPS) is 25.8. The molecule has 0 heterocycles. The number of hydrogen-bond donors (Lipinski definition) is 0. The molecular weight excluding hydrogens is 267 g/mol. The molecule has 2 rings (SSSR count). The number of Topliss-reactive ketones (excluding diaryl/α,β-unsaturated/α-hetero) is 1. The van der Waals surface area contributed by atoms with Crippen molar-refractivity contribution < 1.29 is 13.9 Å². The van der Waals surface area contributed by atoms with Crippen molar-refractivity contribution in [3.8, 4) is 0 Å². The van der Waals surface area contributed by atoms with Crippen LogP contribution < -0.4 is 0 Å². The van der Waals surface area contributed by atoms with Gasteiger partial charge >= 0.3 is 0 Å². The zero-order valence-electron chi connectivity index (χ0n) is 13.2. The topological polar surface area (TPSA) is 26.3 Å². The van der Waals surface area contributed by atoms with Crippen molar-refractivity contribution in [3.63, 3.8) is 0 Å². The Bertz CT molecular complexity index is 508. The molecule has 0 bridgehead atoms. The van der Waals surface area contributed by atoms with Crippen LogP contribution in [-0.2, 0) is 16.0 Å². The lowest BCUT2D eigenvalue weighted by molar-refractivity contribution is -0.150. The number of ether oxygens (including phenoxy) is 1. The molecule has 0 N–H and O–H groups in total. The first-order valence-electron chi connectivity index (χ1n) is 7.89. The van der Waals surface area contributed by atoms with Crippen LogP contribution in [-0.4, -0.2) is 18.0 Å². The van der Waals surface area contributed by atoms with E-state index in [0.29, 0.717) is 18.9 Å². The summed E-state index contributed by atoms with van der Waals surface area (Å²) in [6, 6.07) is 4.63. The average molecular weight is 292 g/mol. The molecule has 0 aliphatic heterocycles. The van der Waals surface area contributed by atoms with Gasteiger partial charge in [0.05, 0.1) is 0 Å². The van der Waals surface area contributed by atoms with Gasteiger partial charge in [0, 0.05) is 13.0 Å². The molecule has 2 nitrogen and oxygen atoms in total. The molecule has 0 radical (unpaired) electrons. The first kappa shape index (κ1) is 16.2. The molecular formula is C18H25FO2. The van der Waals surface area contributed by atoms with E-state index in [9.17, 15) is 9.18 Å². The Morgan fingerprint density at radius 2 is 2.24 bits per heavy atom. The predicted octanol–water partition coefficient (Wildman–Crippen LogP) is 4.23. The van der Waals surface area contributed by atoms with Crippen molar-refractivity contribution in [3.05, 3.63) is 35.1 Å². The van der Waals surface area contributed by atoms with Gasteiger partial charge in [-0.2, -0.15) is 0 Å². The molecule has 0 aromatic heterocycles. The van der Waals surface area contributed by atoms with Crippen LogP contribution in [0.3, 0.4) is 0 Å². The van der Waals surface area contributed by atoms with Gasteiger partial charge in [-0.25, -0.2) is 4.39 Å². The molecule has 1 aliphatic carbocycles. The minimum Gasteiger partial charge on any atom is -0.367 e. The molecule has 1 saturated carbocycles. The van der Waals surface area contributed by atoms with Crippen molar-refractivity contribution in [2.45, 2.75) is 58.5 Å². The summed E-state index contributed by atoms with van der Waals surface area (Å²) in [5, 5.41) is 0. The van der Waals surface area contributed by atoms with E-state index in [1.165, 1.54) is 12.1 Å². The molecule has 1 aromatic rings. The van der Waals surface area contributed by atoms with Crippen molar-refractivity contribution >= 4 is 5.78 Å². The van der Waals surface area contributed by atoms with Crippen molar-refractivity contribution in [1.29, 1.82) is 0 Å². The van der Waals surface area contributed by atoms with Gasteiger partial charge in [0.2, 0.25) is 0 Å². The van der Waals surface area contributed by atoms with E-state index >= 15 is 0 Å². The molecule has 21 heavy (non-hydrogen) atoms. The summed E-state index contributed by atoms with van der Waals surface area (Å²) in [7, 11) is 0. The Morgan fingerprint density at radius 3 is 2.86 bits per heavy atom. The van der Waals surface area contributed by atoms with E-state index in [1.54, 1.807) is 6.07 Å². The van der Waals surface area contributed by atoms with Crippen molar-refractivity contribution in [2.75, 3.05) is 6.61 Å². The van der Waals surface area contributed by atoms with E-state index < -0.39 is 5.60 Å². The summed E-state index contributed by atoms with van der Waals surface area (Å²) < 4.78 is 19.1. The molecule has 0 saturated heterocycles. The molecule has 1 aliphatic rings. The van der Waals surface area contributed by atoms with Gasteiger partial charge in [-0.15, -0.1) is 0 Å². The van der Waals surface area contributed by atoms with Gasteiger partial charge in [-0.05, 0) is 62.3 Å². The van der Waals surface area contributed by atoms with E-state index in [2.05, 4.69) is 6.92 Å². The molecule has 1 aromatic carbocycles. The fraction of sp³-hybridized carbons (Fsp3) is 0.611. The van der Waals surface area contributed by atoms with E-state index in [0.717, 1.165) is 36.8 Å². The van der Waals surface area contributed by atoms with E-state index in [1.807, 2.05) is 13.8 Å². The predicted molar refractivity (Wildman–Crippen MR) is 81.8 cm³/mol. The zero-order chi connectivity index (χ0) is 15.5. The summed E-state index contributed by atoms with van der Waals surface area (Å²) in [5.41, 5.74) is 1.10. The van der Waals surface area contributed by atoms with Crippen LogP contribution in [0.4, 0.5) is 4.39 Å². The maximum Gasteiger partial charge on any atom is 0.168 e. The fourth-order valence-corrected chi connectivity index (χ4v) is 3.44. The minimum atomic E-state index is -0.632. The first-order chi connectivity index (χ1) is 9.97. The van der Waals surface area contributed by atoms with Gasteiger partial charge in [0.1, 0.15) is 11.4 Å². The summed E-state index contributed by atoms with van der Waals surface area (Å²) in [6.45, 7) is 6.53. The summed E-state index contributed by atoms with van der Waals surface area (Å²) in [4.78, 5) is 12.8. The highest BCUT2D eigenvalue weighted by atomic mass is 19.1. The third-order valence-electron chi connectivity index (χ3n) is 4.54.